The first-order valence-electron chi connectivity index (χ1n) is 5.78. The smallest absolute Gasteiger partial charge is 0.140 e. The van der Waals surface area contributed by atoms with E-state index in [1.165, 1.54) is 5.56 Å². The van der Waals surface area contributed by atoms with Crippen LogP contribution in [0.3, 0.4) is 0 Å². The van der Waals surface area contributed by atoms with Crippen molar-refractivity contribution in [2.24, 2.45) is 0 Å². The van der Waals surface area contributed by atoms with Crippen LogP contribution in [-0.2, 0) is 9.59 Å². The monoisotopic (exact) mass is 216 g/mol. The average molecular weight is 216 g/mol. The number of carbonyl (C=O) groups is 2. The standard InChI is InChI=1S/C14H16O2/c1-10-2-4-11(5-3-10)13-8-6-12(15)7-9-14(13)16/h2-5,13H,6-9H2,1H3. The van der Waals surface area contributed by atoms with Gasteiger partial charge in [0, 0.05) is 25.2 Å². The van der Waals surface area contributed by atoms with Gasteiger partial charge in [-0.1, -0.05) is 29.8 Å². The van der Waals surface area contributed by atoms with E-state index in [-0.39, 0.29) is 17.5 Å². The molecule has 1 aliphatic carbocycles. The van der Waals surface area contributed by atoms with Crippen molar-refractivity contribution in [2.45, 2.75) is 38.5 Å². The van der Waals surface area contributed by atoms with Crippen LogP contribution in [0.25, 0.3) is 0 Å². The van der Waals surface area contributed by atoms with Crippen molar-refractivity contribution in [1.82, 2.24) is 0 Å². The highest BCUT2D eigenvalue weighted by atomic mass is 16.1. The molecule has 1 unspecified atom stereocenters. The fraction of sp³-hybridized carbons (Fsp3) is 0.429. The summed E-state index contributed by atoms with van der Waals surface area (Å²) in [7, 11) is 0. The SMILES string of the molecule is Cc1ccc(C2CCC(=O)CCC2=O)cc1. The number of aryl methyl sites for hydroxylation is 1. The number of Topliss-reactive ketones (excluding diaryl/α,β-unsaturated/α-hetero) is 2. The molecule has 0 aromatic heterocycles. The van der Waals surface area contributed by atoms with Gasteiger partial charge in [0.05, 0.1) is 0 Å². The van der Waals surface area contributed by atoms with Crippen LogP contribution < -0.4 is 0 Å². The topological polar surface area (TPSA) is 34.1 Å². The van der Waals surface area contributed by atoms with Crippen molar-refractivity contribution in [3.8, 4) is 0 Å². The quantitative estimate of drug-likeness (QED) is 0.676. The fourth-order valence-electron chi connectivity index (χ4n) is 2.18. The van der Waals surface area contributed by atoms with E-state index < -0.39 is 0 Å². The number of benzene rings is 1. The minimum Gasteiger partial charge on any atom is -0.300 e. The van der Waals surface area contributed by atoms with Crippen molar-refractivity contribution in [2.75, 3.05) is 0 Å². The molecule has 2 rings (SSSR count). The molecule has 16 heavy (non-hydrogen) atoms. The van der Waals surface area contributed by atoms with Crippen molar-refractivity contribution in [3.63, 3.8) is 0 Å². The molecule has 84 valence electrons. The van der Waals surface area contributed by atoms with E-state index >= 15 is 0 Å². The van der Waals surface area contributed by atoms with Gasteiger partial charge in [-0.05, 0) is 18.9 Å². The lowest BCUT2D eigenvalue weighted by molar-refractivity contribution is -0.122. The third kappa shape index (κ3) is 2.38. The molecule has 1 saturated carbocycles. The van der Waals surface area contributed by atoms with Crippen LogP contribution in [0.5, 0.6) is 0 Å². The fourth-order valence-corrected chi connectivity index (χ4v) is 2.18. The molecule has 0 aliphatic heterocycles. The molecule has 1 atom stereocenters. The van der Waals surface area contributed by atoms with Crippen LogP contribution in [0.4, 0.5) is 0 Å². The highest BCUT2D eigenvalue weighted by Crippen LogP contribution is 2.27. The summed E-state index contributed by atoms with van der Waals surface area (Å²) in [5.74, 6) is 0.379. The van der Waals surface area contributed by atoms with Crippen LogP contribution in [-0.4, -0.2) is 11.6 Å². The normalized spacial score (nSPS) is 21.9. The largest absolute Gasteiger partial charge is 0.300 e. The van der Waals surface area contributed by atoms with E-state index in [1.807, 2.05) is 31.2 Å². The molecule has 0 spiro atoms. The lowest BCUT2D eigenvalue weighted by atomic mass is 9.90. The lowest BCUT2D eigenvalue weighted by Crippen LogP contribution is -2.10. The molecule has 0 bridgehead atoms. The van der Waals surface area contributed by atoms with E-state index in [0.29, 0.717) is 25.7 Å². The zero-order valence-electron chi connectivity index (χ0n) is 9.53. The summed E-state index contributed by atoms with van der Waals surface area (Å²) in [5, 5.41) is 0. The molecule has 0 saturated heterocycles. The molecular formula is C14H16O2. The molecule has 1 aliphatic rings. The second-order valence-electron chi connectivity index (χ2n) is 4.51. The Kier molecular flexibility index (Phi) is 3.18. The van der Waals surface area contributed by atoms with Crippen LogP contribution >= 0.6 is 0 Å². The highest BCUT2D eigenvalue weighted by molar-refractivity contribution is 5.92. The molecule has 1 aromatic carbocycles. The highest BCUT2D eigenvalue weighted by Gasteiger charge is 2.25. The van der Waals surface area contributed by atoms with Crippen molar-refractivity contribution in [1.29, 1.82) is 0 Å². The molecule has 0 amide bonds. The Morgan fingerprint density at radius 3 is 2.38 bits per heavy atom. The first-order chi connectivity index (χ1) is 7.66. The van der Waals surface area contributed by atoms with E-state index in [1.54, 1.807) is 0 Å². The zero-order valence-corrected chi connectivity index (χ0v) is 9.53. The Bertz CT molecular complexity index is 403. The van der Waals surface area contributed by atoms with Crippen LogP contribution in [0.15, 0.2) is 24.3 Å². The summed E-state index contributed by atoms with van der Waals surface area (Å²) in [6.07, 6.45) is 2.07. The Balaban J connectivity index is 2.21. The molecule has 0 heterocycles. The predicted molar refractivity (Wildman–Crippen MR) is 62.4 cm³/mol. The third-order valence-electron chi connectivity index (χ3n) is 3.23. The van der Waals surface area contributed by atoms with Gasteiger partial charge >= 0.3 is 0 Å². The van der Waals surface area contributed by atoms with Gasteiger partial charge in [-0.2, -0.15) is 0 Å². The van der Waals surface area contributed by atoms with Gasteiger partial charge < -0.3 is 0 Å². The first-order valence-corrected chi connectivity index (χ1v) is 5.78. The average Bonchev–Trinajstić information content (AvgIpc) is 2.44. The van der Waals surface area contributed by atoms with E-state index in [0.717, 1.165) is 5.56 Å². The Hall–Kier alpha value is -1.44. The van der Waals surface area contributed by atoms with E-state index in [9.17, 15) is 9.59 Å². The van der Waals surface area contributed by atoms with Gasteiger partial charge in [-0.15, -0.1) is 0 Å². The van der Waals surface area contributed by atoms with Crippen molar-refractivity contribution >= 4 is 11.6 Å². The number of hydrogen-bond acceptors (Lipinski definition) is 2. The predicted octanol–water partition coefficient (Wildman–Crippen LogP) is 2.79. The molecule has 2 nitrogen and oxygen atoms in total. The summed E-state index contributed by atoms with van der Waals surface area (Å²) in [6.45, 7) is 2.03. The minimum absolute atomic E-state index is 0.0629. The Morgan fingerprint density at radius 2 is 1.69 bits per heavy atom. The lowest BCUT2D eigenvalue weighted by Gasteiger charge is -2.12. The number of ketones is 2. The maximum absolute atomic E-state index is 11.9. The third-order valence-corrected chi connectivity index (χ3v) is 3.23. The number of carbonyl (C=O) groups excluding carboxylic acids is 2. The molecule has 1 fully saturated rings. The van der Waals surface area contributed by atoms with Crippen molar-refractivity contribution < 1.29 is 9.59 Å². The van der Waals surface area contributed by atoms with E-state index in [2.05, 4.69) is 0 Å². The van der Waals surface area contributed by atoms with Crippen molar-refractivity contribution in [3.05, 3.63) is 35.4 Å². The van der Waals surface area contributed by atoms with Gasteiger partial charge in [0.1, 0.15) is 11.6 Å². The number of hydrogen-bond donors (Lipinski definition) is 0. The molecule has 2 heteroatoms. The van der Waals surface area contributed by atoms with Crippen LogP contribution in [0.2, 0.25) is 0 Å². The molecule has 0 N–H and O–H groups in total. The number of rotatable bonds is 1. The minimum atomic E-state index is -0.0629. The summed E-state index contributed by atoms with van der Waals surface area (Å²) < 4.78 is 0. The summed E-state index contributed by atoms with van der Waals surface area (Å²) >= 11 is 0. The first kappa shape index (κ1) is 11.1. The Morgan fingerprint density at radius 1 is 1.00 bits per heavy atom. The van der Waals surface area contributed by atoms with E-state index in [4.69, 9.17) is 0 Å². The van der Waals surface area contributed by atoms with Crippen LogP contribution in [0, 0.1) is 6.92 Å². The summed E-state index contributed by atoms with van der Waals surface area (Å²) in [5.41, 5.74) is 2.26. The van der Waals surface area contributed by atoms with Gasteiger partial charge in [0.25, 0.3) is 0 Å². The summed E-state index contributed by atoms with van der Waals surface area (Å²) in [6, 6.07) is 8.06. The summed E-state index contributed by atoms with van der Waals surface area (Å²) in [4.78, 5) is 23.2. The van der Waals surface area contributed by atoms with Gasteiger partial charge in [0.15, 0.2) is 0 Å². The maximum atomic E-state index is 11.9. The zero-order chi connectivity index (χ0) is 11.5. The molecule has 0 radical (unpaired) electrons. The molecular weight excluding hydrogens is 200 g/mol. The second-order valence-corrected chi connectivity index (χ2v) is 4.51. The maximum Gasteiger partial charge on any atom is 0.140 e. The van der Waals surface area contributed by atoms with Gasteiger partial charge in [0.2, 0.25) is 0 Å². The van der Waals surface area contributed by atoms with Crippen LogP contribution in [0.1, 0.15) is 42.7 Å². The van der Waals surface area contributed by atoms with Gasteiger partial charge in [-0.25, -0.2) is 0 Å². The second kappa shape index (κ2) is 4.60. The Labute approximate surface area is 95.7 Å². The van der Waals surface area contributed by atoms with Gasteiger partial charge in [-0.3, -0.25) is 9.59 Å². The molecule has 1 aromatic rings.